The summed E-state index contributed by atoms with van der Waals surface area (Å²) in [7, 11) is 0. The van der Waals surface area contributed by atoms with E-state index in [1.807, 2.05) is 13.8 Å². The predicted molar refractivity (Wildman–Crippen MR) is 55.7 cm³/mol. The lowest BCUT2D eigenvalue weighted by molar-refractivity contribution is -0.124. The highest BCUT2D eigenvalue weighted by atomic mass is 16.3. The van der Waals surface area contributed by atoms with Gasteiger partial charge in [0.2, 0.25) is 0 Å². The molecule has 1 amide bonds. The third-order valence-corrected chi connectivity index (χ3v) is 2.13. The molecule has 1 heterocycles. The van der Waals surface area contributed by atoms with E-state index in [1.165, 1.54) is 6.26 Å². The highest BCUT2D eigenvalue weighted by molar-refractivity contribution is 6.17. The number of hydrogen-bond donors (Lipinski definition) is 0. The summed E-state index contributed by atoms with van der Waals surface area (Å²) in [6, 6.07) is 3.49. The monoisotopic (exact) mass is 193 g/mol. The minimum absolute atomic E-state index is 0.0649. The Balaban J connectivity index is 2.75. The van der Waals surface area contributed by atoms with Crippen LogP contribution in [-0.4, -0.2) is 23.9 Å². The number of amides is 1. The number of carbonyl (C=O) groups excluding carboxylic acids is 1. The van der Waals surface area contributed by atoms with E-state index in [9.17, 15) is 4.79 Å². The van der Waals surface area contributed by atoms with Gasteiger partial charge < -0.3 is 9.32 Å². The summed E-state index contributed by atoms with van der Waals surface area (Å²) in [4.78, 5) is 13.5. The molecule has 0 N–H and O–H groups in total. The molecule has 3 nitrogen and oxygen atoms in total. The number of hydrogen-bond acceptors (Lipinski definition) is 2. The van der Waals surface area contributed by atoms with Gasteiger partial charge in [0.15, 0.2) is 0 Å². The minimum Gasteiger partial charge on any atom is -0.464 e. The Morgan fingerprint density at radius 3 is 2.57 bits per heavy atom. The molecule has 0 bridgehead atoms. The molecular weight excluding hydrogens is 178 g/mol. The van der Waals surface area contributed by atoms with Crippen LogP contribution in [-0.2, 0) is 4.79 Å². The molecule has 0 aliphatic rings. The van der Waals surface area contributed by atoms with E-state index in [0.717, 1.165) is 0 Å². The summed E-state index contributed by atoms with van der Waals surface area (Å²) < 4.78 is 5.11. The molecule has 0 fully saturated rings. The van der Waals surface area contributed by atoms with Gasteiger partial charge in [0.05, 0.1) is 11.8 Å². The molecule has 1 aromatic rings. The summed E-state index contributed by atoms with van der Waals surface area (Å²) in [5.74, 6) is 0.479. The zero-order chi connectivity index (χ0) is 10.6. The van der Waals surface area contributed by atoms with Crippen LogP contribution in [0.15, 0.2) is 29.4 Å². The molecule has 0 aliphatic carbocycles. The number of rotatable bonds is 4. The standard InChI is InChI=1S/C11H15NO2/c1-4-12(5-2)11(13)9(3)10-7-6-8-14-10/h6-8H,3-5H2,1-2H3. The number of nitrogens with zero attached hydrogens (tertiary/aromatic N) is 1. The average Bonchev–Trinajstić information content (AvgIpc) is 2.71. The second-order valence-corrected chi connectivity index (χ2v) is 2.93. The van der Waals surface area contributed by atoms with Gasteiger partial charge in [0.25, 0.3) is 5.91 Å². The summed E-state index contributed by atoms with van der Waals surface area (Å²) in [6.45, 7) is 8.99. The van der Waals surface area contributed by atoms with Gasteiger partial charge in [-0.25, -0.2) is 0 Å². The van der Waals surface area contributed by atoms with Crippen molar-refractivity contribution < 1.29 is 9.21 Å². The van der Waals surface area contributed by atoms with Crippen LogP contribution in [0.1, 0.15) is 19.6 Å². The third kappa shape index (κ3) is 2.05. The van der Waals surface area contributed by atoms with Crippen molar-refractivity contribution in [2.45, 2.75) is 13.8 Å². The van der Waals surface area contributed by atoms with Crippen LogP contribution in [0, 0.1) is 0 Å². The van der Waals surface area contributed by atoms with E-state index in [4.69, 9.17) is 4.42 Å². The van der Waals surface area contributed by atoms with Crippen molar-refractivity contribution in [2.24, 2.45) is 0 Å². The van der Waals surface area contributed by atoms with E-state index < -0.39 is 0 Å². The van der Waals surface area contributed by atoms with Gasteiger partial charge >= 0.3 is 0 Å². The molecule has 3 heteroatoms. The highest BCUT2D eigenvalue weighted by Gasteiger charge is 2.16. The Hall–Kier alpha value is -1.51. The van der Waals surface area contributed by atoms with Crippen molar-refractivity contribution in [3.8, 4) is 0 Å². The van der Waals surface area contributed by atoms with E-state index in [2.05, 4.69) is 6.58 Å². The van der Waals surface area contributed by atoms with Crippen LogP contribution in [0.4, 0.5) is 0 Å². The maximum absolute atomic E-state index is 11.8. The predicted octanol–water partition coefficient (Wildman–Crippen LogP) is 2.16. The van der Waals surface area contributed by atoms with Gasteiger partial charge in [-0.05, 0) is 26.0 Å². The van der Waals surface area contributed by atoms with Gasteiger partial charge in [0.1, 0.15) is 5.76 Å². The second kappa shape index (κ2) is 4.65. The van der Waals surface area contributed by atoms with E-state index in [-0.39, 0.29) is 5.91 Å². The molecule has 1 rings (SSSR count). The maximum atomic E-state index is 11.8. The van der Waals surface area contributed by atoms with Crippen LogP contribution in [0.3, 0.4) is 0 Å². The third-order valence-electron chi connectivity index (χ3n) is 2.13. The minimum atomic E-state index is -0.0649. The van der Waals surface area contributed by atoms with Crippen molar-refractivity contribution in [3.63, 3.8) is 0 Å². The number of furan rings is 1. The molecule has 0 radical (unpaired) electrons. The molecule has 0 spiro atoms. The molecule has 14 heavy (non-hydrogen) atoms. The quantitative estimate of drug-likeness (QED) is 0.686. The lowest BCUT2D eigenvalue weighted by Gasteiger charge is -2.18. The van der Waals surface area contributed by atoms with Crippen LogP contribution in [0.2, 0.25) is 0 Å². The van der Waals surface area contributed by atoms with Crippen molar-refractivity contribution in [3.05, 3.63) is 30.7 Å². The fourth-order valence-corrected chi connectivity index (χ4v) is 1.26. The fraction of sp³-hybridized carbons (Fsp3) is 0.364. The lowest BCUT2D eigenvalue weighted by atomic mass is 10.2. The fourth-order valence-electron chi connectivity index (χ4n) is 1.26. The summed E-state index contributed by atoms with van der Waals surface area (Å²) in [6.07, 6.45) is 1.54. The Morgan fingerprint density at radius 1 is 1.50 bits per heavy atom. The SMILES string of the molecule is C=C(C(=O)N(CC)CC)c1ccco1. The van der Waals surface area contributed by atoms with Crippen molar-refractivity contribution in [2.75, 3.05) is 13.1 Å². The normalized spacial score (nSPS) is 9.86. The Labute approximate surface area is 84.0 Å². The van der Waals surface area contributed by atoms with Crippen LogP contribution in [0.25, 0.3) is 5.57 Å². The Morgan fingerprint density at radius 2 is 2.14 bits per heavy atom. The molecule has 0 saturated heterocycles. The Bertz CT molecular complexity index is 310. The zero-order valence-corrected chi connectivity index (χ0v) is 8.62. The molecule has 0 atom stereocenters. The number of likely N-dealkylation sites (N-methyl/N-ethyl adjacent to an activating group) is 1. The number of carbonyl (C=O) groups is 1. The molecular formula is C11H15NO2. The summed E-state index contributed by atoms with van der Waals surface area (Å²) in [5, 5.41) is 0. The first kappa shape index (κ1) is 10.6. The molecule has 0 aromatic carbocycles. The van der Waals surface area contributed by atoms with Crippen molar-refractivity contribution in [1.82, 2.24) is 4.90 Å². The maximum Gasteiger partial charge on any atom is 0.257 e. The molecule has 1 aromatic heterocycles. The molecule has 76 valence electrons. The molecule has 0 aliphatic heterocycles. The Kier molecular flexibility index (Phi) is 3.51. The summed E-state index contributed by atoms with van der Waals surface area (Å²) in [5.41, 5.74) is 0.415. The van der Waals surface area contributed by atoms with Gasteiger partial charge in [0, 0.05) is 13.1 Å². The zero-order valence-electron chi connectivity index (χ0n) is 8.62. The van der Waals surface area contributed by atoms with E-state index >= 15 is 0 Å². The first-order valence-electron chi connectivity index (χ1n) is 4.72. The first-order valence-corrected chi connectivity index (χ1v) is 4.72. The highest BCUT2D eigenvalue weighted by Crippen LogP contribution is 2.15. The van der Waals surface area contributed by atoms with Gasteiger partial charge in [-0.3, -0.25) is 4.79 Å². The van der Waals surface area contributed by atoms with Crippen molar-refractivity contribution >= 4 is 11.5 Å². The van der Waals surface area contributed by atoms with Gasteiger partial charge in [-0.2, -0.15) is 0 Å². The first-order chi connectivity index (χ1) is 6.70. The van der Waals surface area contributed by atoms with E-state index in [0.29, 0.717) is 24.4 Å². The smallest absolute Gasteiger partial charge is 0.257 e. The largest absolute Gasteiger partial charge is 0.464 e. The molecule has 0 unspecified atom stereocenters. The van der Waals surface area contributed by atoms with Crippen LogP contribution in [0.5, 0.6) is 0 Å². The van der Waals surface area contributed by atoms with E-state index in [1.54, 1.807) is 17.0 Å². The van der Waals surface area contributed by atoms with Crippen LogP contribution < -0.4 is 0 Å². The topological polar surface area (TPSA) is 33.5 Å². The second-order valence-electron chi connectivity index (χ2n) is 2.93. The summed E-state index contributed by atoms with van der Waals surface area (Å²) >= 11 is 0. The van der Waals surface area contributed by atoms with Gasteiger partial charge in [-0.1, -0.05) is 6.58 Å². The van der Waals surface area contributed by atoms with Crippen molar-refractivity contribution in [1.29, 1.82) is 0 Å². The van der Waals surface area contributed by atoms with Crippen LogP contribution >= 0.6 is 0 Å². The lowest BCUT2D eigenvalue weighted by Crippen LogP contribution is -2.30. The average molecular weight is 193 g/mol. The van der Waals surface area contributed by atoms with Gasteiger partial charge in [-0.15, -0.1) is 0 Å². The molecule has 0 saturated carbocycles.